The van der Waals surface area contributed by atoms with Gasteiger partial charge < -0.3 is 9.84 Å². The summed E-state index contributed by atoms with van der Waals surface area (Å²) in [6.45, 7) is 0.676. The van der Waals surface area contributed by atoms with Crippen molar-refractivity contribution in [3.8, 4) is 0 Å². The third kappa shape index (κ3) is 2.30. The van der Waals surface area contributed by atoms with Crippen molar-refractivity contribution >= 4 is 23.6 Å². The Bertz CT molecular complexity index is 526. The molecule has 0 radical (unpaired) electrons. The topological polar surface area (TPSA) is 106 Å². The fourth-order valence-corrected chi connectivity index (χ4v) is 3.08. The van der Waals surface area contributed by atoms with Crippen LogP contribution in [0.2, 0.25) is 0 Å². The second-order valence-corrected chi connectivity index (χ2v) is 5.53. The number of aliphatic carboxylic acids is 1. The minimum absolute atomic E-state index is 0.154. The highest BCUT2D eigenvalue weighted by Gasteiger charge is 2.34. The van der Waals surface area contributed by atoms with Crippen molar-refractivity contribution in [2.75, 3.05) is 12.0 Å². The first kappa shape index (κ1) is 12.4. The van der Waals surface area contributed by atoms with E-state index in [9.17, 15) is 9.59 Å². The lowest BCUT2D eigenvalue weighted by atomic mass is 10.2. The van der Waals surface area contributed by atoms with Crippen molar-refractivity contribution in [3.05, 3.63) is 5.82 Å². The molecule has 0 saturated carbocycles. The van der Waals surface area contributed by atoms with Crippen LogP contribution < -0.4 is 5.43 Å². The third-order valence-electron chi connectivity index (χ3n) is 3.00. The van der Waals surface area contributed by atoms with Crippen LogP contribution in [-0.4, -0.2) is 43.7 Å². The average Bonchev–Trinajstić information content (AvgIpc) is 2.97. The Labute approximate surface area is 112 Å². The Balaban J connectivity index is 1.83. The third-order valence-corrected chi connectivity index (χ3v) is 4.14. The second-order valence-electron chi connectivity index (χ2n) is 4.36. The number of nitrogens with zero attached hydrogens (tertiary/aromatic N) is 3. The summed E-state index contributed by atoms with van der Waals surface area (Å²) in [5, 5.41) is 16.6. The molecular formula is C10H12N4O4S. The van der Waals surface area contributed by atoms with Crippen LogP contribution >= 0.6 is 11.8 Å². The van der Waals surface area contributed by atoms with Crippen LogP contribution in [-0.2, 0) is 14.3 Å². The molecule has 1 amide bonds. The molecule has 2 unspecified atom stereocenters. The molecular weight excluding hydrogens is 272 g/mol. The van der Waals surface area contributed by atoms with Gasteiger partial charge in [0.2, 0.25) is 5.16 Å². The fraction of sp³-hybridized carbons (Fsp3) is 0.600. The number of nitrogens with one attached hydrogen (secondary N) is 1. The number of fused-ring (bicyclic) bond motifs is 1. The second kappa shape index (κ2) is 4.82. The molecule has 0 bridgehead atoms. The van der Waals surface area contributed by atoms with Crippen LogP contribution in [0.25, 0.3) is 0 Å². The van der Waals surface area contributed by atoms with Gasteiger partial charge >= 0.3 is 5.97 Å². The molecule has 0 aromatic carbocycles. The first-order chi connectivity index (χ1) is 9.15. The number of hydrogen-bond donors (Lipinski definition) is 2. The standard InChI is InChI=1S/C10H12N4O4S/c15-7(16)4-6-9(17)13-14-8(5-2-1-3-18-5)11-12-10(14)19-6/h5-6H,1-4H2,(H,13,17)(H,15,16). The van der Waals surface area contributed by atoms with Crippen LogP contribution in [0, 0.1) is 0 Å². The molecule has 8 nitrogen and oxygen atoms in total. The molecule has 102 valence electrons. The Morgan fingerprint density at radius 1 is 1.58 bits per heavy atom. The van der Waals surface area contributed by atoms with Gasteiger partial charge in [-0.1, -0.05) is 11.8 Å². The summed E-state index contributed by atoms with van der Waals surface area (Å²) in [7, 11) is 0. The molecule has 3 heterocycles. The molecule has 2 aliphatic heterocycles. The SMILES string of the molecule is O=C(O)CC1Sc2nnc(C3CCCO3)n2NC1=O. The van der Waals surface area contributed by atoms with Gasteiger partial charge in [-0.3, -0.25) is 15.0 Å². The van der Waals surface area contributed by atoms with Gasteiger partial charge in [-0.05, 0) is 12.8 Å². The zero-order valence-corrected chi connectivity index (χ0v) is 10.7. The highest BCUT2D eigenvalue weighted by molar-refractivity contribution is 8.00. The van der Waals surface area contributed by atoms with Gasteiger partial charge in [0.05, 0.1) is 6.42 Å². The quantitative estimate of drug-likeness (QED) is 0.813. The molecule has 0 aliphatic carbocycles. The van der Waals surface area contributed by atoms with Crippen molar-refractivity contribution in [2.45, 2.75) is 35.8 Å². The zero-order valence-electron chi connectivity index (χ0n) is 9.90. The van der Waals surface area contributed by atoms with Gasteiger partial charge in [-0.2, -0.15) is 0 Å². The number of aromatic nitrogens is 3. The van der Waals surface area contributed by atoms with E-state index in [1.165, 1.54) is 4.68 Å². The van der Waals surface area contributed by atoms with Crippen molar-refractivity contribution in [3.63, 3.8) is 0 Å². The van der Waals surface area contributed by atoms with Crippen molar-refractivity contribution in [2.24, 2.45) is 0 Å². The van der Waals surface area contributed by atoms with Crippen LogP contribution in [0.3, 0.4) is 0 Å². The summed E-state index contributed by atoms with van der Waals surface area (Å²) in [5.74, 6) is -0.791. The molecule has 3 rings (SSSR count). The van der Waals surface area contributed by atoms with Gasteiger partial charge in [-0.15, -0.1) is 10.2 Å². The van der Waals surface area contributed by atoms with E-state index >= 15 is 0 Å². The smallest absolute Gasteiger partial charge is 0.305 e. The lowest BCUT2D eigenvalue weighted by Gasteiger charge is -2.22. The summed E-state index contributed by atoms with van der Waals surface area (Å²) in [5.41, 5.74) is 2.63. The largest absolute Gasteiger partial charge is 0.481 e. The number of rotatable bonds is 3. The average molecular weight is 284 g/mol. The van der Waals surface area contributed by atoms with Gasteiger partial charge in [-0.25, -0.2) is 4.68 Å². The normalized spacial score (nSPS) is 26.0. The van der Waals surface area contributed by atoms with Crippen LogP contribution in [0.4, 0.5) is 0 Å². The molecule has 1 saturated heterocycles. The molecule has 2 N–H and O–H groups in total. The number of carbonyl (C=O) groups excluding carboxylic acids is 1. The van der Waals surface area contributed by atoms with Crippen molar-refractivity contribution in [1.29, 1.82) is 0 Å². The lowest BCUT2D eigenvalue weighted by molar-refractivity contribution is -0.138. The van der Waals surface area contributed by atoms with Crippen LogP contribution in [0.5, 0.6) is 0 Å². The molecule has 1 aromatic heterocycles. The zero-order chi connectivity index (χ0) is 13.4. The maximum absolute atomic E-state index is 11.8. The summed E-state index contributed by atoms with van der Waals surface area (Å²) < 4.78 is 7.01. The molecule has 2 aliphatic rings. The summed E-state index contributed by atoms with van der Waals surface area (Å²) in [4.78, 5) is 22.5. The van der Waals surface area contributed by atoms with Gasteiger partial charge in [0.25, 0.3) is 5.91 Å². The monoisotopic (exact) mass is 284 g/mol. The molecule has 1 fully saturated rings. The Morgan fingerprint density at radius 2 is 2.42 bits per heavy atom. The highest BCUT2D eigenvalue weighted by atomic mass is 32.2. The number of carboxylic acid groups (broad SMARTS) is 1. The molecule has 0 spiro atoms. The summed E-state index contributed by atoms with van der Waals surface area (Å²) in [6.07, 6.45) is 1.41. The number of thioether (sulfide) groups is 1. The number of carbonyl (C=O) groups is 2. The Kier molecular flexibility index (Phi) is 3.15. The van der Waals surface area contributed by atoms with Crippen molar-refractivity contribution < 1.29 is 19.4 Å². The molecule has 19 heavy (non-hydrogen) atoms. The summed E-state index contributed by atoms with van der Waals surface area (Å²) >= 11 is 1.11. The minimum Gasteiger partial charge on any atom is -0.481 e. The maximum Gasteiger partial charge on any atom is 0.305 e. The van der Waals surface area contributed by atoms with E-state index in [4.69, 9.17) is 9.84 Å². The Morgan fingerprint density at radius 3 is 3.11 bits per heavy atom. The van der Waals surface area contributed by atoms with Crippen LogP contribution in [0.1, 0.15) is 31.2 Å². The number of ether oxygens (including phenoxy) is 1. The predicted octanol–water partition coefficient (Wildman–Crippen LogP) is 0.149. The summed E-state index contributed by atoms with van der Waals surface area (Å²) in [6, 6.07) is 0. The lowest BCUT2D eigenvalue weighted by Crippen LogP contribution is -2.38. The van der Waals surface area contributed by atoms with E-state index in [1.807, 2.05) is 0 Å². The number of carboxylic acids is 1. The van der Waals surface area contributed by atoms with Gasteiger partial charge in [0, 0.05) is 6.61 Å². The van der Waals surface area contributed by atoms with Crippen molar-refractivity contribution in [1.82, 2.24) is 14.9 Å². The van der Waals surface area contributed by atoms with Crippen LogP contribution in [0.15, 0.2) is 5.16 Å². The van der Waals surface area contributed by atoms with Gasteiger partial charge in [0.1, 0.15) is 11.4 Å². The first-order valence-electron chi connectivity index (χ1n) is 5.91. The van der Waals surface area contributed by atoms with E-state index in [2.05, 4.69) is 15.6 Å². The highest BCUT2D eigenvalue weighted by Crippen LogP contribution is 2.33. The molecule has 1 aromatic rings. The minimum atomic E-state index is -1.01. The fourth-order valence-electron chi connectivity index (χ4n) is 2.11. The van der Waals surface area contributed by atoms with E-state index in [-0.39, 0.29) is 18.4 Å². The number of hydrogen-bond acceptors (Lipinski definition) is 6. The van der Waals surface area contributed by atoms with E-state index in [0.29, 0.717) is 17.6 Å². The Hall–Kier alpha value is -1.61. The van der Waals surface area contributed by atoms with E-state index in [0.717, 1.165) is 24.6 Å². The molecule has 2 atom stereocenters. The molecule has 9 heteroatoms. The van der Waals surface area contributed by atoms with E-state index < -0.39 is 11.2 Å². The first-order valence-corrected chi connectivity index (χ1v) is 6.79. The predicted molar refractivity (Wildman–Crippen MR) is 64.2 cm³/mol. The van der Waals surface area contributed by atoms with Gasteiger partial charge in [0.15, 0.2) is 5.82 Å². The number of amides is 1. The van der Waals surface area contributed by atoms with E-state index in [1.54, 1.807) is 0 Å². The maximum atomic E-state index is 11.8.